The summed E-state index contributed by atoms with van der Waals surface area (Å²) >= 11 is 1.47. The molecule has 2 aliphatic rings. The van der Waals surface area contributed by atoms with Crippen LogP contribution < -0.4 is 0 Å². The van der Waals surface area contributed by atoms with Gasteiger partial charge in [-0.2, -0.15) is 4.74 Å². The van der Waals surface area contributed by atoms with Gasteiger partial charge in [-0.3, -0.25) is 0 Å². The molecule has 3 rings (SSSR count). The molecule has 0 amide bonds. The van der Waals surface area contributed by atoms with Gasteiger partial charge in [-0.15, -0.1) is 16.4 Å². The fourth-order valence-corrected chi connectivity index (χ4v) is 4.39. The van der Waals surface area contributed by atoms with Gasteiger partial charge in [0.2, 0.25) is 5.71 Å². The van der Waals surface area contributed by atoms with Crippen LogP contribution in [-0.4, -0.2) is 42.8 Å². The summed E-state index contributed by atoms with van der Waals surface area (Å²) in [7, 11) is 0. The maximum atomic E-state index is 13.1. The van der Waals surface area contributed by atoms with Crippen LogP contribution in [0, 0.1) is 5.21 Å². The molecule has 1 spiro atoms. The minimum Gasteiger partial charge on any atom is -0.622 e. The molecule has 0 bridgehead atoms. The third-order valence-corrected chi connectivity index (χ3v) is 5.40. The number of hydrogen-bond acceptors (Lipinski definition) is 6. The minimum atomic E-state index is -1.28. The van der Waals surface area contributed by atoms with Crippen LogP contribution in [0.1, 0.15) is 44.4 Å². The van der Waals surface area contributed by atoms with E-state index in [4.69, 9.17) is 0 Å². The van der Waals surface area contributed by atoms with Gasteiger partial charge >= 0.3 is 0 Å². The molecule has 6 nitrogen and oxygen atoms in total. The summed E-state index contributed by atoms with van der Waals surface area (Å²) in [6.45, 7) is 3.62. The molecule has 7 heteroatoms. The van der Waals surface area contributed by atoms with E-state index in [0.717, 1.165) is 27.5 Å². The normalized spacial score (nSPS) is 31.5. The summed E-state index contributed by atoms with van der Waals surface area (Å²) in [4.78, 5) is 0.828. The van der Waals surface area contributed by atoms with E-state index in [0.29, 0.717) is 24.3 Å². The van der Waals surface area contributed by atoms with Crippen LogP contribution in [-0.2, 0) is 0 Å². The molecule has 0 aromatic carbocycles. The van der Waals surface area contributed by atoms with Crippen molar-refractivity contribution in [1.82, 2.24) is 5.06 Å². The molecule has 1 saturated carbocycles. The fourth-order valence-electron chi connectivity index (χ4n) is 3.48. The summed E-state index contributed by atoms with van der Waals surface area (Å²) in [5.74, 6) is 0. The Balaban J connectivity index is 2.23. The molecule has 2 N–H and O–H groups in total. The summed E-state index contributed by atoms with van der Waals surface area (Å²) in [6.07, 6.45) is 2.63. The second kappa shape index (κ2) is 4.79. The molecule has 21 heavy (non-hydrogen) atoms. The van der Waals surface area contributed by atoms with Crippen molar-refractivity contribution in [2.24, 2.45) is 5.16 Å². The van der Waals surface area contributed by atoms with Crippen molar-refractivity contribution in [3.05, 3.63) is 27.6 Å². The van der Waals surface area contributed by atoms with Gasteiger partial charge in [0.15, 0.2) is 0 Å². The quantitative estimate of drug-likeness (QED) is 0.361. The zero-order chi connectivity index (χ0) is 15.3. The van der Waals surface area contributed by atoms with E-state index < -0.39 is 11.2 Å². The molecule has 1 aliphatic carbocycles. The molecule has 0 unspecified atom stereocenters. The standard InChI is InChI=1S/C14H19N3O3S/c1-13(2)12(10-6-5-9-21-10)16(19)14(17(13)20)8-4-3-7-11(14)15-18/h5-6,9,18,20H,3-4,7-8H2,1-2H3/t14-/m1/s1. The summed E-state index contributed by atoms with van der Waals surface area (Å²) in [5.41, 5.74) is -1.27. The lowest BCUT2D eigenvalue weighted by molar-refractivity contribution is -0.568. The zero-order valence-electron chi connectivity index (χ0n) is 12.1. The molecule has 0 saturated heterocycles. The Morgan fingerprint density at radius 1 is 1.43 bits per heavy atom. The van der Waals surface area contributed by atoms with Gasteiger partial charge in [0.1, 0.15) is 11.3 Å². The van der Waals surface area contributed by atoms with Gasteiger partial charge in [0.05, 0.1) is 4.88 Å². The van der Waals surface area contributed by atoms with Gasteiger partial charge in [-0.25, -0.2) is 0 Å². The molecule has 2 heterocycles. The number of oxime groups is 1. The number of rotatable bonds is 1. The Hall–Kier alpha value is -1.44. The van der Waals surface area contributed by atoms with Crippen molar-refractivity contribution in [3.8, 4) is 0 Å². The highest BCUT2D eigenvalue weighted by Crippen LogP contribution is 2.42. The number of nitrogens with zero attached hydrogens (tertiary/aromatic N) is 3. The highest BCUT2D eigenvalue weighted by Gasteiger charge is 2.65. The molecule has 1 atom stereocenters. The van der Waals surface area contributed by atoms with Crippen LogP contribution in [0.3, 0.4) is 0 Å². The lowest BCUT2D eigenvalue weighted by Crippen LogP contribution is -2.60. The van der Waals surface area contributed by atoms with Gasteiger partial charge in [-0.1, -0.05) is 11.2 Å². The Morgan fingerprint density at radius 2 is 2.19 bits per heavy atom. The Kier molecular flexibility index (Phi) is 3.31. The van der Waals surface area contributed by atoms with Crippen LogP contribution in [0.2, 0.25) is 0 Å². The maximum absolute atomic E-state index is 13.1. The van der Waals surface area contributed by atoms with Gasteiger partial charge in [-0.05, 0) is 44.6 Å². The van der Waals surface area contributed by atoms with Gasteiger partial charge < -0.3 is 15.6 Å². The van der Waals surface area contributed by atoms with Crippen LogP contribution in [0.5, 0.6) is 0 Å². The second-order valence-electron chi connectivity index (χ2n) is 6.06. The van der Waals surface area contributed by atoms with E-state index >= 15 is 0 Å². The highest BCUT2D eigenvalue weighted by atomic mass is 32.1. The van der Waals surface area contributed by atoms with Crippen molar-refractivity contribution in [2.45, 2.75) is 50.7 Å². The Morgan fingerprint density at radius 3 is 2.81 bits per heavy atom. The SMILES string of the molecule is CC1(C)C(c2cccs2)=[N+]([O-])[C@]2(CCCCC2=NO)N1O. The molecule has 1 aromatic heterocycles. The fraction of sp³-hybridized carbons (Fsp3) is 0.571. The van der Waals surface area contributed by atoms with E-state index in [1.165, 1.54) is 11.3 Å². The third kappa shape index (κ3) is 1.77. The maximum Gasteiger partial charge on any atom is 0.293 e. The molecule has 114 valence electrons. The molecule has 1 aliphatic heterocycles. The Labute approximate surface area is 127 Å². The number of thiophene rings is 1. The lowest BCUT2D eigenvalue weighted by Gasteiger charge is -2.38. The first-order valence-electron chi connectivity index (χ1n) is 7.05. The summed E-state index contributed by atoms with van der Waals surface area (Å²) in [6, 6.07) is 3.75. The van der Waals surface area contributed by atoms with E-state index in [1.807, 2.05) is 31.4 Å². The zero-order valence-corrected chi connectivity index (χ0v) is 12.9. The lowest BCUT2D eigenvalue weighted by atomic mass is 9.86. The summed E-state index contributed by atoms with van der Waals surface area (Å²) in [5, 5.41) is 39.5. The molecule has 1 aromatic rings. The first-order valence-corrected chi connectivity index (χ1v) is 7.93. The topological polar surface area (TPSA) is 82.1 Å². The predicted octanol–water partition coefficient (Wildman–Crippen LogP) is 2.63. The smallest absolute Gasteiger partial charge is 0.293 e. The van der Waals surface area contributed by atoms with Crippen LogP contribution in [0.15, 0.2) is 22.7 Å². The van der Waals surface area contributed by atoms with Gasteiger partial charge in [0, 0.05) is 6.42 Å². The van der Waals surface area contributed by atoms with Crippen molar-refractivity contribution in [2.75, 3.05) is 0 Å². The van der Waals surface area contributed by atoms with Crippen LogP contribution in [0.4, 0.5) is 0 Å². The van der Waals surface area contributed by atoms with Crippen molar-refractivity contribution in [3.63, 3.8) is 0 Å². The van der Waals surface area contributed by atoms with Crippen molar-refractivity contribution in [1.29, 1.82) is 0 Å². The number of hydroxylamine groups is 3. The van der Waals surface area contributed by atoms with Crippen molar-refractivity contribution < 1.29 is 15.2 Å². The van der Waals surface area contributed by atoms with E-state index in [2.05, 4.69) is 5.16 Å². The monoisotopic (exact) mass is 309 g/mol. The van der Waals surface area contributed by atoms with E-state index in [-0.39, 0.29) is 0 Å². The first-order chi connectivity index (χ1) is 9.96. The number of hydrogen-bond donors (Lipinski definition) is 2. The largest absolute Gasteiger partial charge is 0.622 e. The molecule has 0 radical (unpaired) electrons. The highest BCUT2D eigenvalue weighted by molar-refractivity contribution is 7.12. The predicted molar refractivity (Wildman–Crippen MR) is 80.2 cm³/mol. The molecule has 1 fully saturated rings. The summed E-state index contributed by atoms with van der Waals surface area (Å²) < 4.78 is 0.854. The van der Waals surface area contributed by atoms with Crippen molar-refractivity contribution >= 4 is 22.8 Å². The molecular formula is C14H19N3O3S. The van der Waals surface area contributed by atoms with E-state index in [9.17, 15) is 15.6 Å². The van der Waals surface area contributed by atoms with Crippen LogP contribution in [0.25, 0.3) is 0 Å². The average Bonchev–Trinajstić information content (AvgIpc) is 3.03. The Bertz CT molecular complexity index is 609. The minimum absolute atomic E-state index is 0.339. The third-order valence-electron chi connectivity index (χ3n) is 4.52. The second-order valence-corrected chi connectivity index (χ2v) is 7.01. The molecular weight excluding hydrogens is 290 g/mol. The average molecular weight is 309 g/mol. The van der Waals surface area contributed by atoms with Crippen LogP contribution >= 0.6 is 11.3 Å². The van der Waals surface area contributed by atoms with Gasteiger partial charge in [0.25, 0.3) is 5.66 Å². The van der Waals surface area contributed by atoms with E-state index in [1.54, 1.807) is 0 Å². The first kappa shape index (κ1) is 14.5.